The van der Waals surface area contributed by atoms with Gasteiger partial charge in [-0.2, -0.15) is 13.2 Å². The third kappa shape index (κ3) is 6.49. The smallest absolute Gasteiger partial charge is 0.354 e. The number of nitrogens with one attached hydrogen (secondary N) is 3. The van der Waals surface area contributed by atoms with Crippen molar-refractivity contribution in [3.05, 3.63) is 35.4 Å². The Hall–Kier alpha value is -1.80. The van der Waals surface area contributed by atoms with Crippen molar-refractivity contribution in [2.75, 3.05) is 26.2 Å². The van der Waals surface area contributed by atoms with E-state index in [1.54, 1.807) is 0 Å². The Bertz CT molecular complexity index is 615. The number of carbonyl (C=O) groups excluding carboxylic acids is 2. The summed E-state index contributed by atoms with van der Waals surface area (Å²) in [6.45, 7) is 4.25. The average Bonchev–Trinajstić information content (AvgIpc) is 2.58. The molecule has 3 N–H and O–H groups in total. The standard InChI is InChI=1S/C17H22F3N3O2.ClH/c1-16(6-8-21-9-7-16)11-23-14(24)10-22-15(25)12-2-4-13(5-3-12)17(18,19)20;/h2-5,21H,6-11H2,1H3,(H,22,25)(H,23,24);1H. The molecular formula is C17H23ClF3N3O2. The lowest BCUT2D eigenvalue weighted by Crippen LogP contribution is -2.45. The van der Waals surface area contributed by atoms with Gasteiger partial charge >= 0.3 is 6.18 Å². The highest BCUT2D eigenvalue weighted by molar-refractivity contribution is 5.96. The molecule has 0 aromatic heterocycles. The molecule has 146 valence electrons. The molecule has 0 atom stereocenters. The second-order valence-electron chi connectivity index (χ2n) is 6.60. The molecule has 1 aliphatic rings. The van der Waals surface area contributed by atoms with Gasteiger partial charge in [0.2, 0.25) is 5.91 Å². The summed E-state index contributed by atoms with van der Waals surface area (Å²) in [5.74, 6) is -0.906. The van der Waals surface area contributed by atoms with Gasteiger partial charge in [-0.25, -0.2) is 0 Å². The lowest BCUT2D eigenvalue weighted by molar-refractivity contribution is -0.137. The van der Waals surface area contributed by atoms with E-state index in [0.29, 0.717) is 6.54 Å². The first-order chi connectivity index (χ1) is 11.7. The predicted octanol–water partition coefficient (Wildman–Crippen LogP) is 2.36. The van der Waals surface area contributed by atoms with Crippen molar-refractivity contribution in [2.45, 2.75) is 25.9 Å². The van der Waals surface area contributed by atoms with E-state index in [0.717, 1.165) is 50.2 Å². The largest absolute Gasteiger partial charge is 0.416 e. The van der Waals surface area contributed by atoms with Gasteiger partial charge in [0.25, 0.3) is 5.91 Å². The van der Waals surface area contributed by atoms with Crippen LogP contribution in [-0.4, -0.2) is 38.0 Å². The molecule has 1 aromatic rings. The third-order valence-electron chi connectivity index (χ3n) is 4.41. The van der Waals surface area contributed by atoms with Gasteiger partial charge in [0.05, 0.1) is 12.1 Å². The monoisotopic (exact) mass is 393 g/mol. The van der Waals surface area contributed by atoms with Gasteiger partial charge in [-0.3, -0.25) is 9.59 Å². The van der Waals surface area contributed by atoms with E-state index in [1.807, 2.05) is 0 Å². The van der Waals surface area contributed by atoms with Crippen LogP contribution in [0, 0.1) is 5.41 Å². The van der Waals surface area contributed by atoms with Crippen molar-refractivity contribution >= 4 is 24.2 Å². The minimum Gasteiger partial charge on any atom is -0.354 e. The Morgan fingerprint density at radius 1 is 1.12 bits per heavy atom. The van der Waals surface area contributed by atoms with Crippen LogP contribution in [0.25, 0.3) is 0 Å². The number of rotatable bonds is 5. The molecule has 0 bridgehead atoms. The highest BCUT2D eigenvalue weighted by atomic mass is 35.5. The number of carbonyl (C=O) groups is 2. The molecule has 1 aliphatic heterocycles. The SMILES string of the molecule is CC1(CNC(=O)CNC(=O)c2ccc(C(F)(F)F)cc2)CCNCC1.Cl. The summed E-state index contributed by atoms with van der Waals surface area (Å²) in [6, 6.07) is 3.86. The zero-order valence-corrected chi connectivity index (χ0v) is 15.2. The molecule has 26 heavy (non-hydrogen) atoms. The molecule has 0 spiro atoms. The number of hydrogen-bond donors (Lipinski definition) is 3. The highest BCUT2D eigenvalue weighted by Gasteiger charge is 2.30. The second kappa shape index (κ2) is 9.23. The summed E-state index contributed by atoms with van der Waals surface area (Å²) in [4.78, 5) is 23.8. The Balaban J connectivity index is 0.00000338. The molecule has 0 saturated carbocycles. The molecule has 9 heteroatoms. The molecule has 2 rings (SSSR count). The number of alkyl halides is 3. The average molecular weight is 394 g/mol. The van der Waals surface area contributed by atoms with Gasteiger partial charge in [0.15, 0.2) is 0 Å². The van der Waals surface area contributed by atoms with E-state index >= 15 is 0 Å². The van der Waals surface area contributed by atoms with Crippen LogP contribution in [0.3, 0.4) is 0 Å². The summed E-state index contributed by atoms with van der Waals surface area (Å²) in [5.41, 5.74) is -0.707. The van der Waals surface area contributed by atoms with Gasteiger partial charge in [0, 0.05) is 12.1 Å². The number of halogens is 4. The van der Waals surface area contributed by atoms with E-state index in [9.17, 15) is 22.8 Å². The maximum Gasteiger partial charge on any atom is 0.416 e. The molecule has 1 saturated heterocycles. The lowest BCUT2D eigenvalue weighted by atomic mass is 9.81. The lowest BCUT2D eigenvalue weighted by Gasteiger charge is -2.34. The predicted molar refractivity (Wildman–Crippen MR) is 94.2 cm³/mol. The number of benzene rings is 1. The minimum absolute atomic E-state index is 0. The Morgan fingerprint density at radius 2 is 1.69 bits per heavy atom. The van der Waals surface area contributed by atoms with Crippen LogP contribution < -0.4 is 16.0 Å². The van der Waals surface area contributed by atoms with Gasteiger partial charge in [0.1, 0.15) is 0 Å². The van der Waals surface area contributed by atoms with Crippen molar-refractivity contribution < 1.29 is 22.8 Å². The fourth-order valence-electron chi connectivity index (χ4n) is 2.65. The fourth-order valence-corrected chi connectivity index (χ4v) is 2.65. The van der Waals surface area contributed by atoms with Crippen molar-refractivity contribution in [2.24, 2.45) is 5.41 Å². The Labute approximate surface area is 156 Å². The maximum atomic E-state index is 12.5. The molecule has 5 nitrogen and oxygen atoms in total. The van der Waals surface area contributed by atoms with Gasteiger partial charge in [-0.15, -0.1) is 12.4 Å². The molecule has 1 aromatic carbocycles. The van der Waals surface area contributed by atoms with E-state index in [4.69, 9.17) is 0 Å². The van der Waals surface area contributed by atoms with Crippen LogP contribution in [0.1, 0.15) is 35.7 Å². The summed E-state index contributed by atoms with van der Waals surface area (Å²) < 4.78 is 37.5. The first-order valence-corrected chi connectivity index (χ1v) is 8.12. The topological polar surface area (TPSA) is 70.2 Å². The molecule has 1 fully saturated rings. The highest BCUT2D eigenvalue weighted by Crippen LogP contribution is 2.29. The van der Waals surface area contributed by atoms with E-state index in [2.05, 4.69) is 22.9 Å². The summed E-state index contributed by atoms with van der Waals surface area (Å²) in [7, 11) is 0. The zero-order valence-electron chi connectivity index (χ0n) is 14.4. The van der Waals surface area contributed by atoms with Crippen LogP contribution in [0.4, 0.5) is 13.2 Å². The first kappa shape index (κ1) is 22.2. The van der Waals surface area contributed by atoms with Crippen LogP contribution >= 0.6 is 12.4 Å². The molecule has 1 heterocycles. The van der Waals surface area contributed by atoms with Gasteiger partial charge in [-0.1, -0.05) is 6.92 Å². The number of amides is 2. The number of piperidine rings is 1. The fraction of sp³-hybridized carbons (Fsp3) is 0.529. The maximum absolute atomic E-state index is 12.5. The van der Waals surface area contributed by atoms with Crippen molar-refractivity contribution in [3.8, 4) is 0 Å². The minimum atomic E-state index is -4.44. The van der Waals surface area contributed by atoms with Crippen molar-refractivity contribution in [1.82, 2.24) is 16.0 Å². The molecular weight excluding hydrogens is 371 g/mol. The quantitative estimate of drug-likeness (QED) is 0.719. The molecule has 2 amide bonds. The summed E-state index contributed by atoms with van der Waals surface area (Å²) in [5, 5.41) is 8.47. The van der Waals surface area contributed by atoms with Crippen molar-refractivity contribution in [1.29, 1.82) is 0 Å². The molecule has 0 radical (unpaired) electrons. The summed E-state index contributed by atoms with van der Waals surface area (Å²) in [6.07, 6.45) is -2.52. The van der Waals surface area contributed by atoms with Crippen LogP contribution in [0.5, 0.6) is 0 Å². The van der Waals surface area contributed by atoms with Gasteiger partial charge < -0.3 is 16.0 Å². The molecule has 0 unspecified atom stereocenters. The van der Waals surface area contributed by atoms with Crippen LogP contribution in [0.2, 0.25) is 0 Å². The van der Waals surface area contributed by atoms with Gasteiger partial charge in [-0.05, 0) is 55.6 Å². The van der Waals surface area contributed by atoms with Crippen molar-refractivity contribution in [3.63, 3.8) is 0 Å². The molecule has 0 aliphatic carbocycles. The van der Waals surface area contributed by atoms with E-state index in [-0.39, 0.29) is 35.8 Å². The summed E-state index contributed by atoms with van der Waals surface area (Å²) >= 11 is 0. The third-order valence-corrected chi connectivity index (χ3v) is 4.41. The first-order valence-electron chi connectivity index (χ1n) is 8.12. The Kier molecular flexibility index (Phi) is 7.89. The Morgan fingerprint density at radius 3 is 2.23 bits per heavy atom. The van der Waals surface area contributed by atoms with Crippen LogP contribution in [-0.2, 0) is 11.0 Å². The normalized spacial score (nSPS) is 16.3. The second-order valence-corrected chi connectivity index (χ2v) is 6.60. The van der Waals surface area contributed by atoms with E-state index < -0.39 is 17.6 Å². The van der Waals surface area contributed by atoms with Crippen LogP contribution in [0.15, 0.2) is 24.3 Å². The number of hydrogen-bond acceptors (Lipinski definition) is 3. The van der Waals surface area contributed by atoms with E-state index in [1.165, 1.54) is 0 Å². The zero-order chi connectivity index (χ0) is 18.5.